The van der Waals surface area contributed by atoms with Gasteiger partial charge in [0.25, 0.3) is 0 Å². The number of nitrogens with zero attached hydrogens (tertiary/aromatic N) is 1. The van der Waals surface area contributed by atoms with Crippen molar-refractivity contribution < 1.29 is 14.7 Å². The minimum atomic E-state index is -1.33. The van der Waals surface area contributed by atoms with Crippen LogP contribution in [0.15, 0.2) is 18.2 Å². The number of benzene rings is 1. The van der Waals surface area contributed by atoms with Gasteiger partial charge in [0, 0.05) is 7.05 Å². The van der Waals surface area contributed by atoms with Crippen molar-refractivity contribution in [3.05, 3.63) is 34.9 Å². The van der Waals surface area contributed by atoms with E-state index in [4.69, 9.17) is 0 Å². The summed E-state index contributed by atoms with van der Waals surface area (Å²) in [6.45, 7) is 5.40. The third kappa shape index (κ3) is 2.16. The summed E-state index contributed by atoms with van der Waals surface area (Å²) in [4.78, 5) is 23.4. The molecule has 1 atom stereocenters. The zero-order valence-electron chi connectivity index (χ0n) is 10.5. The number of carboxylic acid groups (broad SMARTS) is 1. The first-order valence-electron chi connectivity index (χ1n) is 5.33. The first-order valence-corrected chi connectivity index (χ1v) is 5.33. The van der Waals surface area contributed by atoms with E-state index in [-0.39, 0.29) is 0 Å². The molecule has 0 aliphatic carbocycles. The topological polar surface area (TPSA) is 57.6 Å². The van der Waals surface area contributed by atoms with Crippen molar-refractivity contribution >= 4 is 12.4 Å². The summed E-state index contributed by atoms with van der Waals surface area (Å²) < 4.78 is 0. The summed E-state index contributed by atoms with van der Waals surface area (Å²) in [6.07, 6.45) is 0.531. The lowest BCUT2D eigenvalue weighted by Crippen LogP contribution is -2.47. The van der Waals surface area contributed by atoms with Crippen molar-refractivity contribution in [2.45, 2.75) is 26.3 Å². The predicted molar refractivity (Wildman–Crippen MR) is 64.7 cm³/mol. The molecule has 1 rings (SSSR count). The van der Waals surface area contributed by atoms with E-state index in [1.165, 1.54) is 18.9 Å². The lowest BCUT2D eigenvalue weighted by Gasteiger charge is -2.33. The number of carbonyl (C=O) groups is 2. The van der Waals surface area contributed by atoms with Crippen molar-refractivity contribution in [3.8, 4) is 0 Å². The Kier molecular flexibility index (Phi) is 3.56. The Morgan fingerprint density at radius 3 is 2.35 bits per heavy atom. The highest BCUT2D eigenvalue weighted by molar-refractivity contribution is 5.82. The zero-order valence-corrected chi connectivity index (χ0v) is 10.5. The lowest BCUT2D eigenvalue weighted by molar-refractivity contribution is -0.153. The molecule has 1 unspecified atom stereocenters. The largest absolute Gasteiger partial charge is 0.479 e. The van der Waals surface area contributed by atoms with Crippen LogP contribution in [0.4, 0.5) is 0 Å². The highest BCUT2D eigenvalue weighted by Crippen LogP contribution is 2.28. The van der Waals surface area contributed by atoms with Crippen LogP contribution < -0.4 is 0 Å². The fraction of sp³-hybridized carbons (Fsp3) is 0.385. The number of aliphatic carboxylic acids is 1. The number of hydrogen-bond acceptors (Lipinski definition) is 2. The molecule has 0 spiro atoms. The van der Waals surface area contributed by atoms with Crippen LogP contribution in [0.2, 0.25) is 0 Å². The number of likely N-dealkylation sites (N-methyl/N-ethyl adjacent to an activating group) is 1. The van der Waals surface area contributed by atoms with Gasteiger partial charge in [-0.3, -0.25) is 4.79 Å². The third-order valence-electron chi connectivity index (χ3n) is 3.35. The molecule has 4 nitrogen and oxygen atoms in total. The molecule has 0 aromatic heterocycles. The van der Waals surface area contributed by atoms with Gasteiger partial charge in [0.2, 0.25) is 6.41 Å². The summed E-state index contributed by atoms with van der Waals surface area (Å²) in [5.74, 6) is -1.05. The molecule has 0 radical (unpaired) electrons. The second-order valence-electron chi connectivity index (χ2n) is 4.39. The highest BCUT2D eigenvalue weighted by Gasteiger charge is 2.39. The normalized spacial score (nSPS) is 13.9. The molecule has 1 N–H and O–H groups in total. The third-order valence-corrected chi connectivity index (χ3v) is 3.35. The maximum absolute atomic E-state index is 11.4. The van der Waals surface area contributed by atoms with Crippen molar-refractivity contribution in [1.82, 2.24) is 4.90 Å². The molecule has 1 aromatic rings. The second-order valence-corrected chi connectivity index (χ2v) is 4.39. The standard InChI is InChI=1S/C13H17NO3/c1-9-5-6-11(7-10(9)2)13(3,12(16)17)14(4)8-15/h5-8H,1-4H3,(H,16,17). The van der Waals surface area contributed by atoms with E-state index in [9.17, 15) is 14.7 Å². The average molecular weight is 235 g/mol. The maximum atomic E-state index is 11.4. The van der Waals surface area contributed by atoms with Crippen molar-refractivity contribution in [3.63, 3.8) is 0 Å². The minimum absolute atomic E-state index is 0.531. The molecular weight excluding hydrogens is 218 g/mol. The van der Waals surface area contributed by atoms with Gasteiger partial charge in [-0.2, -0.15) is 0 Å². The van der Waals surface area contributed by atoms with Gasteiger partial charge in [0.05, 0.1) is 0 Å². The quantitative estimate of drug-likeness (QED) is 0.808. The molecule has 17 heavy (non-hydrogen) atoms. The van der Waals surface area contributed by atoms with E-state index >= 15 is 0 Å². The van der Waals surface area contributed by atoms with E-state index in [1.807, 2.05) is 26.0 Å². The molecule has 0 aliphatic rings. The van der Waals surface area contributed by atoms with E-state index in [1.54, 1.807) is 6.07 Å². The number of rotatable bonds is 4. The zero-order chi connectivity index (χ0) is 13.2. The Morgan fingerprint density at radius 2 is 1.94 bits per heavy atom. The molecule has 1 amide bonds. The van der Waals surface area contributed by atoms with Gasteiger partial charge in [0.15, 0.2) is 5.54 Å². The molecule has 92 valence electrons. The van der Waals surface area contributed by atoms with Crippen molar-refractivity contribution in [1.29, 1.82) is 0 Å². The number of carbonyl (C=O) groups excluding carboxylic acids is 1. The van der Waals surface area contributed by atoms with Gasteiger partial charge in [-0.05, 0) is 37.5 Å². The molecule has 1 aromatic carbocycles. The smallest absolute Gasteiger partial charge is 0.334 e. The van der Waals surface area contributed by atoms with Crippen molar-refractivity contribution in [2.75, 3.05) is 7.05 Å². The van der Waals surface area contributed by atoms with Crippen LogP contribution in [0, 0.1) is 13.8 Å². The summed E-state index contributed by atoms with van der Waals surface area (Å²) in [5.41, 5.74) is 1.37. The SMILES string of the molecule is Cc1ccc(C(C)(C(=O)O)N(C)C=O)cc1C. The first-order chi connectivity index (χ1) is 7.83. The Bertz CT molecular complexity index is 456. The van der Waals surface area contributed by atoms with Gasteiger partial charge in [0.1, 0.15) is 0 Å². The van der Waals surface area contributed by atoms with Crippen LogP contribution in [0.5, 0.6) is 0 Å². The number of hydrogen-bond donors (Lipinski definition) is 1. The van der Waals surface area contributed by atoms with E-state index < -0.39 is 11.5 Å². The van der Waals surface area contributed by atoms with Crippen LogP contribution in [0.25, 0.3) is 0 Å². The summed E-state index contributed by atoms with van der Waals surface area (Å²) in [7, 11) is 1.47. The summed E-state index contributed by atoms with van der Waals surface area (Å²) in [5, 5.41) is 9.35. The van der Waals surface area contributed by atoms with E-state index in [2.05, 4.69) is 0 Å². The average Bonchev–Trinajstić information content (AvgIpc) is 2.30. The predicted octanol–water partition coefficient (Wildman–Crippen LogP) is 1.69. The Balaban J connectivity index is 3.37. The molecule has 0 fully saturated rings. The fourth-order valence-electron chi connectivity index (χ4n) is 1.63. The van der Waals surface area contributed by atoms with Crippen LogP contribution >= 0.6 is 0 Å². The molecule has 4 heteroatoms. The van der Waals surface area contributed by atoms with Gasteiger partial charge >= 0.3 is 5.97 Å². The molecule has 0 heterocycles. The Hall–Kier alpha value is -1.84. The number of carboxylic acids is 1. The molecule has 0 saturated heterocycles. The number of amides is 1. The van der Waals surface area contributed by atoms with E-state index in [0.29, 0.717) is 12.0 Å². The van der Waals surface area contributed by atoms with Crippen molar-refractivity contribution in [2.24, 2.45) is 0 Å². The Labute approximate surface area is 101 Å². The molecule has 0 bridgehead atoms. The summed E-state index contributed by atoms with van der Waals surface area (Å²) in [6, 6.07) is 5.42. The van der Waals surface area contributed by atoms with Crippen LogP contribution in [0.3, 0.4) is 0 Å². The highest BCUT2D eigenvalue weighted by atomic mass is 16.4. The molecule has 0 aliphatic heterocycles. The van der Waals surface area contributed by atoms with Crippen LogP contribution in [0.1, 0.15) is 23.6 Å². The van der Waals surface area contributed by atoms with Gasteiger partial charge in [-0.1, -0.05) is 18.2 Å². The maximum Gasteiger partial charge on any atom is 0.334 e. The minimum Gasteiger partial charge on any atom is -0.479 e. The van der Waals surface area contributed by atoms with Gasteiger partial charge in [-0.25, -0.2) is 4.79 Å². The molecular formula is C13H17NO3. The fourth-order valence-corrected chi connectivity index (χ4v) is 1.63. The number of aryl methyl sites for hydroxylation is 2. The van der Waals surface area contributed by atoms with Gasteiger partial charge < -0.3 is 10.0 Å². The Morgan fingerprint density at radius 1 is 1.35 bits per heavy atom. The van der Waals surface area contributed by atoms with Gasteiger partial charge in [-0.15, -0.1) is 0 Å². The monoisotopic (exact) mass is 235 g/mol. The van der Waals surface area contributed by atoms with E-state index in [0.717, 1.165) is 11.1 Å². The summed E-state index contributed by atoms with van der Waals surface area (Å²) >= 11 is 0. The molecule has 0 saturated carbocycles. The second kappa shape index (κ2) is 4.57. The lowest BCUT2D eigenvalue weighted by atomic mass is 9.89. The van der Waals surface area contributed by atoms with Crippen LogP contribution in [-0.4, -0.2) is 29.4 Å². The van der Waals surface area contributed by atoms with Crippen LogP contribution in [-0.2, 0) is 15.1 Å². The first kappa shape index (κ1) is 13.2.